The van der Waals surface area contributed by atoms with Gasteiger partial charge in [-0.3, -0.25) is 9.59 Å². The molecule has 2 aliphatic carbocycles. The second-order valence-electron chi connectivity index (χ2n) is 9.07. The number of hydrogen-bond donors (Lipinski definition) is 3. The van der Waals surface area contributed by atoms with E-state index in [9.17, 15) is 19.8 Å². The van der Waals surface area contributed by atoms with Gasteiger partial charge >= 0.3 is 0 Å². The lowest BCUT2D eigenvalue weighted by Crippen LogP contribution is -2.45. The third kappa shape index (κ3) is 3.73. The van der Waals surface area contributed by atoms with Gasteiger partial charge in [-0.05, 0) is 44.4 Å². The molecule has 1 heterocycles. The Kier molecular flexibility index (Phi) is 6.18. The van der Waals surface area contributed by atoms with Gasteiger partial charge in [-0.1, -0.05) is 56.7 Å². The maximum absolute atomic E-state index is 12.9. The van der Waals surface area contributed by atoms with Crippen molar-refractivity contribution in [3.8, 4) is 0 Å². The minimum absolute atomic E-state index is 0.132. The number of allylic oxidation sites excluding steroid dienone is 7. The lowest BCUT2D eigenvalue weighted by molar-refractivity contribution is -0.118. The van der Waals surface area contributed by atoms with E-state index in [-0.39, 0.29) is 23.2 Å². The topological polar surface area (TPSA) is 86.6 Å². The summed E-state index contributed by atoms with van der Waals surface area (Å²) in [6.07, 6.45) is 14.2. The first-order chi connectivity index (χ1) is 13.7. The molecule has 0 bridgehead atoms. The molecule has 3 N–H and O–H groups in total. The summed E-state index contributed by atoms with van der Waals surface area (Å²) in [5.74, 6) is -0.306. The number of Topliss-reactive ketones (excluding diaryl/α,β-unsaturated/α-hetero) is 1. The maximum atomic E-state index is 12.9. The van der Waals surface area contributed by atoms with E-state index in [1.807, 2.05) is 38.2 Å². The number of carbonyl (C=O) groups is 2. The first-order valence-corrected chi connectivity index (χ1v) is 10.7. The largest absolute Gasteiger partial charge is 0.511 e. The third-order valence-corrected chi connectivity index (χ3v) is 7.08. The van der Waals surface area contributed by atoms with Gasteiger partial charge in [0.05, 0.1) is 6.10 Å². The Bertz CT molecular complexity index is 791. The van der Waals surface area contributed by atoms with Crippen LogP contribution in [-0.4, -0.2) is 34.0 Å². The molecule has 5 heteroatoms. The van der Waals surface area contributed by atoms with E-state index >= 15 is 0 Å². The highest BCUT2D eigenvalue weighted by atomic mass is 16.3. The molecule has 1 saturated heterocycles. The van der Waals surface area contributed by atoms with Crippen LogP contribution in [-0.2, 0) is 9.59 Å². The van der Waals surface area contributed by atoms with E-state index in [0.717, 1.165) is 19.3 Å². The first kappa shape index (κ1) is 21.6. The number of fused-ring (bicyclic) bond motifs is 1. The van der Waals surface area contributed by atoms with Crippen LogP contribution in [0.1, 0.15) is 47.0 Å². The van der Waals surface area contributed by atoms with Gasteiger partial charge in [-0.2, -0.15) is 0 Å². The molecule has 1 aliphatic heterocycles. The molecule has 0 aromatic rings. The minimum Gasteiger partial charge on any atom is -0.511 e. The van der Waals surface area contributed by atoms with Crippen LogP contribution in [0.5, 0.6) is 0 Å². The normalized spacial score (nSPS) is 40.4. The van der Waals surface area contributed by atoms with Crippen molar-refractivity contribution in [2.45, 2.75) is 59.1 Å². The van der Waals surface area contributed by atoms with Gasteiger partial charge in [0.2, 0.25) is 0 Å². The quantitative estimate of drug-likeness (QED) is 0.222. The zero-order valence-electron chi connectivity index (χ0n) is 17.8. The van der Waals surface area contributed by atoms with E-state index in [4.69, 9.17) is 0 Å². The van der Waals surface area contributed by atoms with Gasteiger partial charge < -0.3 is 15.5 Å². The summed E-state index contributed by atoms with van der Waals surface area (Å²) in [6, 6.07) is -0.999. The van der Waals surface area contributed by atoms with Gasteiger partial charge in [0, 0.05) is 11.3 Å². The molecule has 3 aliphatic rings. The van der Waals surface area contributed by atoms with E-state index in [1.54, 1.807) is 0 Å². The van der Waals surface area contributed by atoms with E-state index in [0.29, 0.717) is 11.8 Å². The monoisotopic (exact) mass is 399 g/mol. The van der Waals surface area contributed by atoms with Crippen molar-refractivity contribution in [1.29, 1.82) is 0 Å². The van der Waals surface area contributed by atoms with Crippen molar-refractivity contribution in [1.82, 2.24) is 5.32 Å². The minimum atomic E-state index is -1.01. The van der Waals surface area contributed by atoms with Crippen LogP contribution in [0.2, 0.25) is 0 Å². The molecule has 0 spiro atoms. The maximum Gasteiger partial charge on any atom is 0.259 e. The molecule has 29 heavy (non-hydrogen) atoms. The van der Waals surface area contributed by atoms with Gasteiger partial charge in [-0.15, -0.1) is 0 Å². The van der Waals surface area contributed by atoms with Crippen molar-refractivity contribution in [2.24, 2.45) is 29.1 Å². The van der Waals surface area contributed by atoms with Gasteiger partial charge in [-0.25, -0.2) is 0 Å². The summed E-state index contributed by atoms with van der Waals surface area (Å²) in [5, 5.41) is 23.8. The average molecular weight is 400 g/mol. The van der Waals surface area contributed by atoms with Crippen molar-refractivity contribution >= 4 is 11.7 Å². The fourth-order valence-electron chi connectivity index (χ4n) is 5.36. The zero-order valence-corrected chi connectivity index (χ0v) is 17.8. The van der Waals surface area contributed by atoms with Gasteiger partial charge in [0.1, 0.15) is 17.4 Å². The van der Waals surface area contributed by atoms with Crippen LogP contribution in [0.3, 0.4) is 0 Å². The molecule has 0 radical (unpaired) electrons. The number of carbonyl (C=O) groups excluding carboxylic acids is 2. The van der Waals surface area contributed by atoms with Crippen LogP contribution < -0.4 is 5.32 Å². The van der Waals surface area contributed by atoms with Gasteiger partial charge in [0.25, 0.3) is 5.91 Å². The highest BCUT2D eigenvalue weighted by Crippen LogP contribution is 2.56. The smallest absolute Gasteiger partial charge is 0.259 e. The highest BCUT2D eigenvalue weighted by Gasteiger charge is 2.53. The molecule has 3 rings (SSSR count). The molecule has 158 valence electrons. The summed E-state index contributed by atoms with van der Waals surface area (Å²) in [6.45, 7) is 7.64. The van der Waals surface area contributed by atoms with Crippen LogP contribution in [0.15, 0.2) is 47.8 Å². The molecule has 2 fully saturated rings. The fraction of sp³-hybridized carbons (Fsp3) is 0.583. The predicted molar refractivity (Wildman–Crippen MR) is 113 cm³/mol. The number of nitrogens with one attached hydrogen (secondary N) is 1. The van der Waals surface area contributed by atoms with E-state index < -0.39 is 29.3 Å². The standard InChI is InChI=1S/C24H33NO4/c1-5-6-7-8-17-11-10-16-13-14(2)9-12-18(16)24(17,4)22(28)19-21(27)20(15(3)26)25-23(19)29/h5-8,10-11,14-18,20,26,28H,9,12-13H2,1-4H3,(H,25,29)/b6-5+,8-7+,22-19?/t14-,15?,16-,17-,18-,20+,24-/m1/s1. The first-order valence-electron chi connectivity index (χ1n) is 10.7. The summed E-state index contributed by atoms with van der Waals surface area (Å²) in [5.41, 5.74) is -0.941. The molecule has 1 unspecified atom stereocenters. The Hall–Kier alpha value is -2.14. The lowest BCUT2D eigenvalue weighted by Gasteiger charge is -2.50. The van der Waals surface area contributed by atoms with Crippen LogP contribution in [0, 0.1) is 29.1 Å². The van der Waals surface area contributed by atoms with Crippen molar-refractivity contribution in [3.63, 3.8) is 0 Å². The number of aliphatic hydroxyl groups is 2. The van der Waals surface area contributed by atoms with Crippen molar-refractivity contribution in [2.75, 3.05) is 0 Å². The predicted octanol–water partition coefficient (Wildman–Crippen LogP) is 3.62. The fourth-order valence-corrected chi connectivity index (χ4v) is 5.36. The summed E-state index contributed by atoms with van der Waals surface area (Å²) in [7, 11) is 0. The Balaban J connectivity index is 2.11. The molecule has 7 atom stereocenters. The number of ketones is 1. The average Bonchev–Trinajstić information content (AvgIpc) is 2.97. The molecular weight excluding hydrogens is 366 g/mol. The van der Waals surface area contributed by atoms with E-state index in [1.165, 1.54) is 6.92 Å². The Morgan fingerprint density at radius 3 is 2.62 bits per heavy atom. The molecule has 1 saturated carbocycles. The lowest BCUT2D eigenvalue weighted by atomic mass is 9.54. The summed E-state index contributed by atoms with van der Waals surface area (Å²) < 4.78 is 0. The molecular formula is C24H33NO4. The second-order valence-corrected chi connectivity index (χ2v) is 9.07. The zero-order chi connectivity index (χ0) is 21.3. The molecule has 5 nitrogen and oxygen atoms in total. The number of rotatable bonds is 4. The summed E-state index contributed by atoms with van der Waals surface area (Å²) in [4.78, 5) is 25.5. The van der Waals surface area contributed by atoms with Gasteiger partial charge in [0.15, 0.2) is 5.78 Å². The van der Waals surface area contributed by atoms with Crippen LogP contribution in [0.4, 0.5) is 0 Å². The summed E-state index contributed by atoms with van der Waals surface area (Å²) >= 11 is 0. The Labute approximate surface area is 173 Å². The Morgan fingerprint density at radius 2 is 2.00 bits per heavy atom. The van der Waals surface area contributed by atoms with Crippen molar-refractivity contribution in [3.05, 3.63) is 47.8 Å². The number of aliphatic hydroxyl groups excluding tert-OH is 2. The number of amides is 1. The van der Waals surface area contributed by atoms with E-state index in [2.05, 4.69) is 24.4 Å². The number of hydrogen-bond acceptors (Lipinski definition) is 4. The third-order valence-electron chi connectivity index (χ3n) is 7.08. The SMILES string of the molecule is C/C=C/C=C/[C@@H]1C=C[C@@H]2C[C@H](C)CC[C@H]2[C@]1(C)C(O)=C1C(=O)N[C@@H](C(C)O)C1=O. The van der Waals surface area contributed by atoms with Crippen molar-refractivity contribution < 1.29 is 19.8 Å². The molecule has 0 aromatic carbocycles. The highest BCUT2D eigenvalue weighted by molar-refractivity contribution is 6.27. The van der Waals surface area contributed by atoms with Crippen LogP contribution in [0.25, 0.3) is 0 Å². The second kappa shape index (κ2) is 8.31. The Morgan fingerprint density at radius 1 is 1.28 bits per heavy atom. The molecule has 0 aromatic heterocycles. The molecule has 1 amide bonds. The van der Waals surface area contributed by atoms with Crippen LogP contribution >= 0.6 is 0 Å².